The fourth-order valence-electron chi connectivity index (χ4n) is 3.00. The summed E-state index contributed by atoms with van der Waals surface area (Å²) in [5, 5.41) is 19.0. The summed E-state index contributed by atoms with van der Waals surface area (Å²) in [5.74, 6) is -1.65. The number of hydrogen-bond acceptors (Lipinski definition) is 4. The van der Waals surface area contributed by atoms with Crippen molar-refractivity contribution in [3.8, 4) is 0 Å². The first-order valence-electron chi connectivity index (χ1n) is 8.18. The minimum absolute atomic E-state index is 0.195. The molecule has 0 amide bonds. The molecule has 2 aromatic rings. The van der Waals surface area contributed by atoms with Gasteiger partial charge in [-0.2, -0.15) is 0 Å². The molecule has 0 bridgehead atoms. The van der Waals surface area contributed by atoms with Crippen LogP contribution in [-0.2, 0) is 12.0 Å². The van der Waals surface area contributed by atoms with Crippen molar-refractivity contribution < 1.29 is 13.9 Å². The van der Waals surface area contributed by atoms with Gasteiger partial charge in [0.25, 0.3) is 0 Å². The van der Waals surface area contributed by atoms with Crippen LogP contribution in [0.5, 0.6) is 0 Å². The molecule has 1 saturated heterocycles. The van der Waals surface area contributed by atoms with Crippen molar-refractivity contribution in [2.24, 2.45) is 0 Å². The van der Waals surface area contributed by atoms with Gasteiger partial charge in [-0.05, 0) is 44.4 Å². The van der Waals surface area contributed by atoms with Gasteiger partial charge in [0, 0.05) is 25.7 Å². The molecular formula is C17H22F2N4O. The molecule has 2 heterocycles. The van der Waals surface area contributed by atoms with Crippen LogP contribution in [-0.4, -0.2) is 44.6 Å². The van der Waals surface area contributed by atoms with E-state index in [1.54, 1.807) is 16.9 Å². The lowest BCUT2D eigenvalue weighted by Crippen LogP contribution is -2.32. The van der Waals surface area contributed by atoms with Crippen LogP contribution < -0.4 is 0 Å². The highest BCUT2D eigenvalue weighted by Gasteiger charge is 2.39. The van der Waals surface area contributed by atoms with Crippen molar-refractivity contribution in [2.75, 3.05) is 19.6 Å². The topological polar surface area (TPSA) is 54.2 Å². The van der Waals surface area contributed by atoms with Crippen molar-refractivity contribution in [3.63, 3.8) is 0 Å². The highest BCUT2D eigenvalue weighted by atomic mass is 19.2. The Morgan fingerprint density at radius 1 is 1.29 bits per heavy atom. The molecule has 1 N–H and O–H groups in total. The Hall–Kier alpha value is -1.86. The molecule has 1 aliphatic rings. The summed E-state index contributed by atoms with van der Waals surface area (Å²) in [6.45, 7) is 5.88. The van der Waals surface area contributed by atoms with Crippen molar-refractivity contribution in [3.05, 3.63) is 47.3 Å². The molecule has 0 radical (unpaired) electrons. The number of halogens is 2. The van der Waals surface area contributed by atoms with E-state index in [4.69, 9.17) is 0 Å². The average Bonchev–Trinajstić information content (AvgIpc) is 3.16. The molecular weight excluding hydrogens is 314 g/mol. The Kier molecular flexibility index (Phi) is 4.64. The molecule has 1 aliphatic heterocycles. The fourth-order valence-corrected chi connectivity index (χ4v) is 3.00. The Labute approximate surface area is 139 Å². The third-order valence-electron chi connectivity index (χ3n) is 4.54. The summed E-state index contributed by atoms with van der Waals surface area (Å²) in [6, 6.07) is 4.16. The lowest BCUT2D eigenvalue weighted by Gasteiger charge is -2.21. The zero-order valence-electron chi connectivity index (χ0n) is 13.9. The number of rotatable bonds is 5. The van der Waals surface area contributed by atoms with E-state index < -0.39 is 17.2 Å². The molecule has 1 aromatic heterocycles. The monoisotopic (exact) mass is 336 g/mol. The van der Waals surface area contributed by atoms with Crippen LogP contribution in [0.25, 0.3) is 0 Å². The highest BCUT2D eigenvalue weighted by Crippen LogP contribution is 2.30. The van der Waals surface area contributed by atoms with Gasteiger partial charge in [0.15, 0.2) is 11.6 Å². The summed E-state index contributed by atoms with van der Waals surface area (Å²) in [6.07, 6.45) is 2.98. The maximum atomic E-state index is 13.2. The van der Waals surface area contributed by atoms with E-state index in [2.05, 4.69) is 15.2 Å². The van der Waals surface area contributed by atoms with Crippen LogP contribution in [0.4, 0.5) is 8.78 Å². The zero-order valence-corrected chi connectivity index (χ0v) is 13.9. The lowest BCUT2D eigenvalue weighted by molar-refractivity contribution is 0.0418. The molecule has 0 aliphatic carbocycles. The van der Waals surface area contributed by atoms with E-state index in [9.17, 15) is 13.9 Å². The molecule has 1 atom stereocenters. The van der Waals surface area contributed by atoms with Gasteiger partial charge in [0.2, 0.25) is 0 Å². The molecule has 0 unspecified atom stereocenters. The van der Waals surface area contributed by atoms with Crippen molar-refractivity contribution in [1.82, 2.24) is 19.9 Å². The predicted octanol–water partition coefficient (Wildman–Crippen LogP) is 2.27. The maximum Gasteiger partial charge on any atom is 0.159 e. The molecule has 24 heavy (non-hydrogen) atoms. The molecule has 7 heteroatoms. The van der Waals surface area contributed by atoms with Gasteiger partial charge in [-0.1, -0.05) is 11.3 Å². The zero-order chi connectivity index (χ0) is 17.3. The van der Waals surface area contributed by atoms with E-state index in [1.165, 1.54) is 6.07 Å². The van der Waals surface area contributed by atoms with Gasteiger partial charge in [-0.3, -0.25) is 4.90 Å². The first kappa shape index (κ1) is 17.0. The van der Waals surface area contributed by atoms with Crippen LogP contribution in [0.2, 0.25) is 0 Å². The average molecular weight is 336 g/mol. The largest absolute Gasteiger partial charge is 0.382 e. The molecule has 5 nitrogen and oxygen atoms in total. The minimum Gasteiger partial charge on any atom is -0.382 e. The molecule has 130 valence electrons. The van der Waals surface area contributed by atoms with Crippen molar-refractivity contribution in [2.45, 2.75) is 38.3 Å². The normalized spacial score (nSPS) is 21.8. The Bertz CT molecular complexity index is 718. The van der Waals surface area contributed by atoms with Gasteiger partial charge in [-0.25, -0.2) is 13.5 Å². The summed E-state index contributed by atoms with van der Waals surface area (Å²) in [7, 11) is 0. The molecule has 0 spiro atoms. The maximum absolute atomic E-state index is 13.2. The summed E-state index contributed by atoms with van der Waals surface area (Å²) < 4.78 is 27.9. The smallest absolute Gasteiger partial charge is 0.159 e. The van der Waals surface area contributed by atoms with E-state index >= 15 is 0 Å². The minimum atomic E-state index is -0.999. The summed E-state index contributed by atoms with van der Waals surface area (Å²) >= 11 is 0. The van der Waals surface area contributed by atoms with Crippen LogP contribution >= 0.6 is 0 Å². The predicted molar refractivity (Wildman–Crippen MR) is 85.4 cm³/mol. The fraction of sp³-hybridized carbons (Fsp3) is 0.529. The van der Waals surface area contributed by atoms with E-state index in [0.29, 0.717) is 31.6 Å². The standard InChI is InChI=1S/C17H22F2N4O/c1-12(2)23-10-16(20-21-23)17(24)6-8-22(11-17)7-5-13-3-4-14(18)15(19)9-13/h3-4,9-10,12,24H,5-8,11H2,1-2H3/t17-/m0/s1. The van der Waals surface area contributed by atoms with Crippen LogP contribution in [0.1, 0.15) is 37.6 Å². The second kappa shape index (κ2) is 6.57. The number of hydrogen-bond donors (Lipinski definition) is 1. The lowest BCUT2D eigenvalue weighted by atomic mass is 10.00. The molecule has 3 rings (SSSR count). The molecule has 1 fully saturated rings. The second-order valence-electron chi connectivity index (χ2n) is 6.73. The number of aliphatic hydroxyl groups is 1. The summed E-state index contributed by atoms with van der Waals surface area (Å²) in [5.41, 5.74) is 0.336. The van der Waals surface area contributed by atoms with E-state index in [1.807, 2.05) is 13.8 Å². The number of β-amino-alcohol motifs (C(OH)–C–C–N with tert-alkyl or cyclic N) is 1. The highest BCUT2D eigenvalue weighted by molar-refractivity contribution is 5.18. The van der Waals surface area contributed by atoms with E-state index in [-0.39, 0.29) is 6.04 Å². The van der Waals surface area contributed by atoms with E-state index in [0.717, 1.165) is 18.2 Å². The Morgan fingerprint density at radius 2 is 2.08 bits per heavy atom. The number of likely N-dealkylation sites (tertiary alicyclic amines) is 1. The van der Waals surface area contributed by atoms with Gasteiger partial charge >= 0.3 is 0 Å². The van der Waals surface area contributed by atoms with Gasteiger partial charge in [-0.15, -0.1) is 5.10 Å². The first-order valence-corrected chi connectivity index (χ1v) is 8.18. The number of nitrogens with zero attached hydrogens (tertiary/aromatic N) is 4. The molecule has 1 aromatic carbocycles. The molecule has 0 saturated carbocycles. The second-order valence-corrected chi connectivity index (χ2v) is 6.73. The number of benzene rings is 1. The third-order valence-corrected chi connectivity index (χ3v) is 4.54. The van der Waals surface area contributed by atoms with Crippen molar-refractivity contribution in [1.29, 1.82) is 0 Å². The number of aromatic nitrogens is 3. The Morgan fingerprint density at radius 3 is 2.75 bits per heavy atom. The van der Waals surface area contributed by atoms with Crippen LogP contribution in [0.15, 0.2) is 24.4 Å². The van der Waals surface area contributed by atoms with Crippen molar-refractivity contribution >= 4 is 0 Å². The van der Waals surface area contributed by atoms with Gasteiger partial charge in [0.05, 0.1) is 6.20 Å². The first-order chi connectivity index (χ1) is 11.4. The van der Waals surface area contributed by atoms with Crippen LogP contribution in [0.3, 0.4) is 0 Å². The van der Waals surface area contributed by atoms with Crippen LogP contribution in [0, 0.1) is 11.6 Å². The summed E-state index contributed by atoms with van der Waals surface area (Å²) in [4.78, 5) is 2.11. The van der Waals surface area contributed by atoms with Gasteiger partial charge in [0.1, 0.15) is 11.3 Å². The quantitative estimate of drug-likeness (QED) is 0.910. The van der Waals surface area contributed by atoms with Gasteiger partial charge < -0.3 is 5.11 Å². The third kappa shape index (κ3) is 3.47. The SMILES string of the molecule is CC(C)n1cc([C@]2(O)CCN(CCc3ccc(F)c(F)c3)C2)nn1. The Balaban J connectivity index is 1.60.